The number of aliphatic hydroxyl groups is 1. The minimum atomic E-state index is -4.65. The molecule has 2 nitrogen and oxygen atoms in total. The molecule has 0 spiro atoms. The summed E-state index contributed by atoms with van der Waals surface area (Å²) in [5.74, 6) is -0.874. The molecule has 0 saturated heterocycles. The van der Waals surface area contributed by atoms with Crippen molar-refractivity contribution >= 4 is 11.6 Å². The van der Waals surface area contributed by atoms with Crippen molar-refractivity contribution in [3.63, 3.8) is 0 Å². The van der Waals surface area contributed by atoms with E-state index in [1.165, 1.54) is 6.07 Å². The topological polar surface area (TPSA) is 40.5 Å². The largest absolute Gasteiger partial charge is 0.507 e. The molecule has 1 aromatic carbocycles. The van der Waals surface area contributed by atoms with Crippen LogP contribution in [-0.2, 0) is 12.6 Å². The maximum absolute atomic E-state index is 12.4. The molecule has 0 heterocycles. The second-order valence-electron chi connectivity index (χ2n) is 2.93. The Morgan fingerprint density at radius 2 is 1.87 bits per heavy atom. The van der Waals surface area contributed by atoms with Gasteiger partial charge in [-0.15, -0.1) is 0 Å². The van der Waals surface area contributed by atoms with Gasteiger partial charge in [-0.25, -0.2) is 0 Å². The maximum atomic E-state index is 12.4. The van der Waals surface area contributed by atoms with Crippen LogP contribution in [0.1, 0.15) is 11.1 Å². The van der Waals surface area contributed by atoms with E-state index in [0.29, 0.717) is 6.07 Å². The number of aliphatic hydroxyl groups excluding tert-OH is 1. The molecule has 6 heteroatoms. The lowest BCUT2D eigenvalue weighted by Gasteiger charge is -2.12. The summed E-state index contributed by atoms with van der Waals surface area (Å²) >= 11 is 5.47. The zero-order valence-corrected chi connectivity index (χ0v) is 8.23. The van der Waals surface area contributed by atoms with E-state index in [1.807, 2.05) is 0 Å². The molecule has 1 rings (SSSR count). The van der Waals surface area contributed by atoms with Gasteiger partial charge >= 0.3 is 6.18 Å². The molecule has 0 aliphatic carbocycles. The third-order valence-corrected chi connectivity index (χ3v) is 2.06. The number of aromatic hydroxyl groups is 1. The Bertz CT molecular complexity index is 363. The van der Waals surface area contributed by atoms with Crippen LogP contribution < -0.4 is 0 Å². The summed E-state index contributed by atoms with van der Waals surface area (Å²) in [6.45, 7) is -0.356. The minimum absolute atomic E-state index is 0.0164. The summed E-state index contributed by atoms with van der Waals surface area (Å²) in [4.78, 5) is 0. The fourth-order valence-corrected chi connectivity index (χ4v) is 1.42. The number of benzene rings is 1. The molecule has 0 radical (unpaired) electrons. The quantitative estimate of drug-likeness (QED) is 0.834. The van der Waals surface area contributed by atoms with Crippen molar-refractivity contribution in [1.82, 2.24) is 0 Å². The third-order valence-electron chi connectivity index (χ3n) is 1.84. The molecular formula is C9H8ClF3O2. The van der Waals surface area contributed by atoms with E-state index in [1.54, 1.807) is 0 Å². The molecule has 1 aromatic rings. The zero-order chi connectivity index (χ0) is 11.6. The summed E-state index contributed by atoms with van der Waals surface area (Å²) in [6, 6.07) is 1.85. The average molecular weight is 241 g/mol. The van der Waals surface area contributed by atoms with E-state index in [4.69, 9.17) is 16.7 Å². The highest BCUT2D eigenvalue weighted by Gasteiger charge is 2.35. The Morgan fingerprint density at radius 3 is 2.33 bits per heavy atom. The SMILES string of the molecule is OCCc1cc(Cl)cc(C(F)(F)F)c1O. The summed E-state index contributed by atoms with van der Waals surface area (Å²) in [5, 5.41) is 17.8. The van der Waals surface area contributed by atoms with Crippen LogP contribution in [-0.4, -0.2) is 16.8 Å². The van der Waals surface area contributed by atoms with E-state index in [2.05, 4.69) is 0 Å². The van der Waals surface area contributed by atoms with Gasteiger partial charge < -0.3 is 10.2 Å². The Hall–Kier alpha value is -0.940. The maximum Gasteiger partial charge on any atom is 0.420 e. The van der Waals surface area contributed by atoms with E-state index in [0.717, 1.165) is 0 Å². The smallest absolute Gasteiger partial charge is 0.420 e. The predicted molar refractivity (Wildman–Crippen MR) is 48.9 cm³/mol. The third kappa shape index (κ3) is 2.76. The Labute approximate surface area is 88.9 Å². The lowest BCUT2D eigenvalue weighted by molar-refractivity contribution is -0.138. The van der Waals surface area contributed by atoms with Crippen molar-refractivity contribution in [1.29, 1.82) is 0 Å². The zero-order valence-electron chi connectivity index (χ0n) is 7.48. The monoisotopic (exact) mass is 240 g/mol. The van der Waals surface area contributed by atoms with E-state index >= 15 is 0 Å². The van der Waals surface area contributed by atoms with Crippen LogP contribution in [0.15, 0.2) is 12.1 Å². The summed E-state index contributed by atoms with van der Waals surface area (Å²) in [5.41, 5.74) is -1.20. The Balaban J connectivity index is 3.28. The van der Waals surface area contributed by atoms with Crippen molar-refractivity contribution in [3.8, 4) is 5.75 Å². The molecule has 0 fully saturated rings. The highest BCUT2D eigenvalue weighted by molar-refractivity contribution is 6.30. The molecule has 0 aromatic heterocycles. The van der Waals surface area contributed by atoms with Gasteiger partial charge in [-0.2, -0.15) is 13.2 Å². The van der Waals surface area contributed by atoms with Gasteiger partial charge in [0, 0.05) is 11.6 Å². The highest BCUT2D eigenvalue weighted by atomic mass is 35.5. The first-order chi connectivity index (χ1) is 6.86. The van der Waals surface area contributed by atoms with Gasteiger partial charge in [0.2, 0.25) is 0 Å². The van der Waals surface area contributed by atoms with Crippen LogP contribution in [0.25, 0.3) is 0 Å². The van der Waals surface area contributed by atoms with Crippen molar-refractivity contribution in [2.75, 3.05) is 6.61 Å². The van der Waals surface area contributed by atoms with Gasteiger partial charge in [-0.05, 0) is 24.1 Å². The molecule has 0 amide bonds. The van der Waals surface area contributed by atoms with Gasteiger partial charge in [0.1, 0.15) is 5.75 Å². The van der Waals surface area contributed by atoms with Crippen LogP contribution in [0.5, 0.6) is 5.75 Å². The van der Waals surface area contributed by atoms with Crippen LogP contribution in [0.3, 0.4) is 0 Å². The average Bonchev–Trinajstić information content (AvgIpc) is 2.09. The molecule has 0 saturated carbocycles. The molecule has 0 bridgehead atoms. The number of halogens is 4. The van der Waals surface area contributed by atoms with Crippen LogP contribution in [0.4, 0.5) is 13.2 Å². The molecule has 0 aliphatic heterocycles. The van der Waals surface area contributed by atoms with Crippen LogP contribution in [0, 0.1) is 0 Å². The van der Waals surface area contributed by atoms with Crippen LogP contribution >= 0.6 is 11.6 Å². The molecule has 0 unspecified atom stereocenters. The van der Waals surface area contributed by atoms with Gasteiger partial charge in [-0.3, -0.25) is 0 Å². The fraction of sp³-hybridized carbons (Fsp3) is 0.333. The number of rotatable bonds is 2. The Morgan fingerprint density at radius 1 is 1.27 bits per heavy atom. The molecule has 0 aliphatic rings. The number of hydrogen-bond acceptors (Lipinski definition) is 2. The van der Waals surface area contributed by atoms with Crippen molar-refractivity contribution in [2.45, 2.75) is 12.6 Å². The second kappa shape index (κ2) is 4.28. The molecule has 0 atom stereocenters. The summed E-state index contributed by atoms with van der Waals surface area (Å²) in [7, 11) is 0. The van der Waals surface area contributed by atoms with Crippen LogP contribution in [0.2, 0.25) is 5.02 Å². The molecular weight excluding hydrogens is 233 g/mol. The first kappa shape index (κ1) is 12.1. The van der Waals surface area contributed by atoms with Crippen molar-refractivity contribution < 1.29 is 23.4 Å². The standard InChI is InChI=1S/C9H8ClF3O2/c10-6-3-5(1-2-14)8(15)7(4-6)9(11,12)13/h3-4,14-15H,1-2H2. The lowest BCUT2D eigenvalue weighted by Crippen LogP contribution is -2.07. The number of hydrogen-bond donors (Lipinski definition) is 2. The molecule has 15 heavy (non-hydrogen) atoms. The predicted octanol–water partition coefficient (Wildman–Crippen LogP) is 2.60. The van der Waals surface area contributed by atoms with Crippen molar-refractivity contribution in [2.24, 2.45) is 0 Å². The van der Waals surface area contributed by atoms with Gasteiger partial charge in [0.25, 0.3) is 0 Å². The van der Waals surface area contributed by atoms with E-state index < -0.39 is 17.5 Å². The minimum Gasteiger partial charge on any atom is -0.507 e. The normalized spacial score (nSPS) is 11.8. The Kier molecular flexibility index (Phi) is 3.46. The first-order valence-electron chi connectivity index (χ1n) is 4.05. The first-order valence-corrected chi connectivity index (χ1v) is 4.43. The number of phenolic OH excluding ortho intramolecular Hbond substituents is 1. The number of phenols is 1. The van der Waals surface area contributed by atoms with E-state index in [-0.39, 0.29) is 23.6 Å². The second-order valence-corrected chi connectivity index (χ2v) is 3.37. The number of alkyl halides is 3. The summed E-state index contributed by atoms with van der Waals surface area (Å²) < 4.78 is 37.1. The van der Waals surface area contributed by atoms with Gasteiger partial charge in [-0.1, -0.05) is 11.6 Å². The van der Waals surface area contributed by atoms with Crippen molar-refractivity contribution in [3.05, 3.63) is 28.3 Å². The summed E-state index contributed by atoms with van der Waals surface area (Å²) in [6.07, 6.45) is -4.73. The van der Waals surface area contributed by atoms with Gasteiger partial charge in [0.05, 0.1) is 5.56 Å². The van der Waals surface area contributed by atoms with E-state index in [9.17, 15) is 18.3 Å². The van der Waals surface area contributed by atoms with Gasteiger partial charge in [0.15, 0.2) is 0 Å². The molecule has 2 N–H and O–H groups in total. The highest BCUT2D eigenvalue weighted by Crippen LogP contribution is 2.39. The lowest BCUT2D eigenvalue weighted by atomic mass is 10.1. The fourth-order valence-electron chi connectivity index (χ4n) is 1.18. The molecule has 84 valence electrons.